The minimum atomic E-state index is 0. The fourth-order valence-corrected chi connectivity index (χ4v) is 4.48. The van der Waals surface area contributed by atoms with Crippen LogP contribution < -0.4 is 15.4 Å². The molecule has 1 saturated heterocycles. The molecule has 5 heteroatoms. The molecule has 4 rings (SSSR count). The number of rotatable bonds is 8. The molecule has 158 valence electrons. The highest BCUT2D eigenvalue weighted by atomic mass is 35.5. The molecule has 2 aliphatic rings. The van der Waals surface area contributed by atoms with Gasteiger partial charge in [-0.1, -0.05) is 48.9 Å². The van der Waals surface area contributed by atoms with Gasteiger partial charge in [0.15, 0.2) is 0 Å². The molecule has 0 bridgehead atoms. The molecule has 2 aromatic rings. The number of hydrogen-bond donors (Lipinski definition) is 2. The highest BCUT2D eigenvalue weighted by molar-refractivity contribution is 5.85. The molecule has 1 saturated carbocycles. The van der Waals surface area contributed by atoms with Crippen molar-refractivity contribution in [2.45, 2.75) is 44.4 Å². The molecule has 0 spiro atoms. The molecule has 2 N–H and O–H groups in total. The molecule has 1 heterocycles. The lowest BCUT2D eigenvalue weighted by Crippen LogP contribution is -2.51. The minimum absolute atomic E-state index is 0. The first kappa shape index (κ1) is 22.1. The zero-order chi connectivity index (χ0) is 19.0. The first-order chi connectivity index (χ1) is 13.9. The van der Waals surface area contributed by atoms with Crippen LogP contribution in [0.15, 0.2) is 54.6 Å². The van der Waals surface area contributed by atoms with Gasteiger partial charge in [-0.25, -0.2) is 0 Å². The molecule has 0 amide bonds. The summed E-state index contributed by atoms with van der Waals surface area (Å²) in [5.41, 5.74) is 2.55. The number of ether oxygens (including phenoxy) is 2. The predicted molar refractivity (Wildman–Crippen MR) is 120 cm³/mol. The van der Waals surface area contributed by atoms with Crippen LogP contribution in [0.2, 0.25) is 0 Å². The standard InChI is InChI=1S/C24H32N2O2.ClH/c1-2-5-20(6-3-1)17-28-21-11-9-19(10-12-21)13-14-25-23-8-4-7-22(23)24-18-27-16-15-26-24;/h1-3,5-6,9-12,22-26H,4,7-8,13-18H2;1H. The zero-order valence-electron chi connectivity index (χ0n) is 17.0. The van der Waals surface area contributed by atoms with E-state index in [1.165, 1.54) is 30.4 Å². The maximum atomic E-state index is 5.88. The molecular weight excluding hydrogens is 384 g/mol. The first-order valence-corrected chi connectivity index (χ1v) is 10.7. The van der Waals surface area contributed by atoms with E-state index in [1.807, 2.05) is 18.2 Å². The number of hydrogen-bond acceptors (Lipinski definition) is 4. The lowest BCUT2D eigenvalue weighted by molar-refractivity contribution is 0.0526. The van der Waals surface area contributed by atoms with Crippen molar-refractivity contribution in [3.05, 3.63) is 65.7 Å². The van der Waals surface area contributed by atoms with E-state index < -0.39 is 0 Å². The fraction of sp³-hybridized carbons (Fsp3) is 0.500. The van der Waals surface area contributed by atoms with Crippen LogP contribution in [0.4, 0.5) is 0 Å². The van der Waals surface area contributed by atoms with Gasteiger partial charge >= 0.3 is 0 Å². The second-order valence-electron chi connectivity index (χ2n) is 7.96. The maximum Gasteiger partial charge on any atom is 0.119 e. The molecule has 3 unspecified atom stereocenters. The first-order valence-electron chi connectivity index (χ1n) is 10.7. The van der Waals surface area contributed by atoms with Crippen molar-refractivity contribution in [1.29, 1.82) is 0 Å². The summed E-state index contributed by atoms with van der Waals surface area (Å²) in [6.45, 7) is 4.36. The molecule has 29 heavy (non-hydrogen) atoms. The predicted octanol–water partition coefficient (Wildman–Crippen LogP) is 3.98. The third kappa shape index (κ3) is 6.45. The van der Waals surface area contributed by atoms with Crippen LogP contribution in [0.5, 0.6) is 5.75 Å². The van der Waals surface area contributed by atoms with Crippen LogP contribution in [-0.2, 0) is 17.8 Å². The number of nitrogens with one attached hydrogen (secondary N) is 2. The highest BCUT2D eigenvalue weighted by Gasteiger charge is 2.34. The molecule has 0 radical (unpaired) electrons. The molecular formula is C24H33ClN2O2. The normalized spacial score (nSPS) is 24.1. The highest BCUT2D eigenvalue weighted by Crippen LogP contribution is 2.29. The number of benzene rings is 2. The van der Waals surface area contributed by atoms with Crippen LogP contribution >= 0.6 is 12.4 Å². The van der Waals surface area contributed by atoms with Gasteiger partial charge in [-0.15, -0.1) is 12.4 Å². The third-order valence-corrected chi connectivity index (χ3v) is 6.03. The topological polar surface area (TPSA) is 42.5 Å². The fourth-order valence-electron chi connectivity index (χ4n) is 4.48. The minimum Gasteiger partial charge on any atom is -0.489 e. The monoisotopic (exact) mass is 416 g/mol. The maximum absolute atomic E-state index is 5.88. The average Bonchev–Trinajstić information content (AvgIpc) is 3.23. The smallest absolute Gasteiger partial charge is 0.119 e. The number of halogens is 1. The van der Waals surface area contributed by atoms with E-state index >= 15 is 0 Å². The Labute approximate surface area is 180 Å². The SMILES string of the molecule is Cl.c1ccc(COc2ccc(CCNC3CCCC3C3COCCN3)cc2)cc1. The van der Waals surface area contributed by atoms with E-state index in [4.69, 9.17) is 9.47 Å². The Morgan fingerprint density at radius 2 is 1.83 bits per heavy atom. The molecule has 2 aromatic carbocycles. The quantitative estimate of drug-likeness (QED) is 0.683. The summed E-state index contributed by atoms with van der Waals surface area (Å²) >= 11 is 0. The summed E-state index contributed by atoms with van der Waals surface area (Å²) in [6, 6.07) is 20.0. The van der Waals surface area contributed by atoms with Gasteiger partial charge in [-0.05, 0) is 55.0 Å². The summed E-state index contributed by atoms with van der Waals surface area (Å²) in [4.78, 5) is 0. The Morgan fingerprint density at radius 3 is 2.59 bits per heavy atom. The van der Waals surface area contributed by atoms with Gasteiger partial charge in [0.25, 0.3) is 0 Å². The van der Waals surface area contributed by atoms with Gasteiger partial charge in [-0.3, -0.25) is 0 Å². The molecule has 1 aliphatic carbocycles. The lowest BCUT2D eigenvalue weighted by atomic mass is 9.94. The summed E-state index contributed by atoms with van der Waals surface area (Å²) in [7, 11) is 0. The summed E-state index contributed by atoms with van der Waals surface area (Å²) in [5, 5.41) is 7.46. The molecule has 3 atom stereocenters. The second kappa shape index (κ2) is 11.6. The van der Waals surface area contributed by atoms with Crippen LogP contribution in [0.25, 0.3) is 0 Å². The van der Waals surface area contributed by atoms with Crippen molar-refractivity contribution in [1.82, 2.24) is 10.6 Å². The Hall–Kier alpha value is -1.59. The van der Waals surface area contributed by atoms with Crippen LogP contribution in [-0.4, -0.2) is 38.4 Å². The van der Waals surface area contributed by atoms with E-state index in [1.54, 1.807) is 0 Å². The van der Waals surface area contributed by atoms with Crippen molar-refractivity contribution in [2.75, 3.05) is 26.3 Å². The van der Waals surface area contributed by atoms with E-state index in [2.05, 4.69) is 47.0 Å². The summed E-state index contributed by atoms with van der Waals surface area (Å²) in [5.74, 6) is 1.63. The Morgan fingerprint density at radius 1 is 1.00 bits per heavy atom. The summed E-state index contributed by atoms with van der Waals surface area (Å²) in [6.07, 6.45) is 4.98. The van der Waals surface area contributed by atoms with Gasteiger partial charge in [-0.2, -0.15) is 0 Å². The van der Waals surface area contributed by atoms with E-state index in [0.29, 0.717) is 24.6 Å². The van der Waals surface area contributed by atoms with Crippen molar-refractivity contribution in [3.63, 3.8) is 0 Å². The largest absolute Gasteiger partial charge is 0.489 e. The van der Waals surface area contributed by atoms with Crippen LogP contribution in [0.3, 0.4) is 0 Å². The van der Waals surface area contributed by atoms with Crippen molar-refractivity contribution in [2.24, 2.45) is 5.92 Å². The van der Waals surface area contributed by atoms with Crippen molar-refractivity contribution >= 4 is 12.4 Å². The molecule has 1 aliphatic heterocycles. The van der Waals surface area contributed by atoms with Crippen molar-refractivity contribution in [3.8, 4) is 5.75 Å². The molecule has 2 fully saturated rings. The van der Waals surface area contributed by atoms with Crippen LogP contribution in [0.1, 0.15) is 30.4 Å². The Balaban J connectivity index is 0.00000240. The second-order valence-corrected chi connectivity index (χ2v) is 7.96. The third-order valence-electron chi connectivity index (χ3n) is 6.03. The van der Waals surface area contributed by atoms with Gasteiger partial charge in [0, 0.05) is 18.6 Å². The van der Waals surface area contributed by atoms with Gasteiger partial charge in [0.1, 0.15) is 12.4 Å². The van der Waals surface area contributed by atoms with Gasteiger partial charge in [0.05, 0.1) is 13.2 Å². The van der Waals surface area contributed by atoms with Crippen molar-refractivity contribution < 1.29 is 9.47 Å². The molecule has 4 nitrogen and oxygen atoms in total. The lowest BCUT2D eigenvalue weighted by Gasteiger charge is -2.33. The summed E-state index contributed by atoms with van der Waals surface area (Å²) < 4.78 is 11.6. The van der Waals surface area contributed by atoms with Gasteiger partial charge < -0.3 is 20.1 Å². The van der Waals surface area contributed by atoms with Crippen LogP contribution in [0, 0.1) is 5.92 Å². The number of morpholine rings is 1. The molecule has 0 aromatic heterocycles. The van der Waals surface area contributed by atoms with E-state index in [9.17, 15) is 0 Å². The Bertz CT molecular complexity index is 705. The average molecular weight is 417 g/mol. The Kier molecular flexibility index (Phi) is 8.81. The van der Waals surface area contributed by atoms with E-state index in [0.717, 1.165) is 38.5 Å². The van der Waals surface area contributed by atoms with E-state index in [-0.39, 0.29) is 12.4 Å². The zero-order valence-corrected chi connectivity index (χ0v) is 17.8. The van der Waals surface area contributed by atoms with Gasteiger partial charge in [0.2, 0.25) is 0 Å².